The third-order valence-corrected chi connectivity index (χ3v) is 1.86. The maximum atomic E-state index is 10.6. The molecule has 0 aliphatic heterocycles. The van der Waals surface area contributed by atoms with Crippen LogP contribution in [-0.4, -0.2) is 22.5 Å². The molecule has 1 aliphatic rings. The third-order valence-electron chi connectivity index (χ3n) is 1.86. The highest BCUT2D eigenvalue weighted by Gasteiger charge is 2.44. The molecule has 3 N–H and O–H groups in total. The largest absolute Gasteiger partial charge is 0.382 e. The van der Waals surface area contributed by atoms with Gasteiger partial charge in [0.25, 0.3) is 0 Å². The third kappa shape index (κ3) is 0.976. The van der Waals surface area contributed by atoms with Gasteiger partial charge in [-0.15, -0.1) is 0 Å². The molecule has 1 fully saturated rings. The van der Waals surface area contributed by atoms with E-state index in [4.69, 9.17) is 5.73 Å². The van der Waals surface area contributed by atoms with Gasteiger partial charge in [-0.2, -0.15) is 0 Å². The normalized spacial score (nSPS) is 41.9. The Balaban J connectivity index is 2.50. The molecule has 0 unspecified atom stereocenters. The first-order valence-electron chi connectivity index (χ1n) is 3.03. The first-order chi connectivity index (χ1) is 4.04. The molecule has 0 amide bonds. The molecule has 0 bridgehead atoms. The summed E-state index contributed by atoms with van der Waals surface area (Å²) in [5.74, 6) is -0.163. The molecule has 0 radical (unpaired) electrons. The van der Waals surface area contributed by atoms with Crippen LogP contribution in [0.4, 0.5) is 0 Å². The number of carbonyl (C=O) groups excluding carboxylic acids is 1. The number of nitrogens with two attached hydrogens (primary N) is 1. The van der Waals surface area contributed by atoms with Crippen molar-refractivity contribution in [1.29, 1.82) is 0 Å². The molecule has 1 saturated carbocycles. The highest BCUT2D eigenvalue weighted by Crippen LogP contribution is 2.31. The van der Waals surface area contributed by atoms with E-state index in [9.17, 15) is 9.90 Å². The van der Waals surface area contributed by atoms with Gasteiger partial charge in [-0.05, 0) is 19.8 Å². The van der Waals surface area contributed by atoms with Crippen molar-refractivity contribution in [2.45, 2.75) is 31.4 Å². The minimum atomic E-state index is -1.07. The maximum absolute atomic E-state index is 10.6. The van der Waals surface area contributed by atoms with Gasteiger partial charge in [0.15, 0.2) is 5.78 Å². The highest BCUT2D eigenvalue weighted by atomic mass is 16.3. The molecule has 52 valence electrons. The van der Waals surface area contributed by atoms with Gasteiger partial charge in [-0.1, -0.05) is 0 Å². The molecule has 0 spiro atoms. The Morgan fingerprint density at radius 1 is 1.78 bits per heavy atom. The quantitative estimate of drug-likeness (QED) is 0.498. The minimum Gasteiger partial charge on any atom is -0.382 e. The van der Waals surface area contributed by atoms with Gasteiger partial charge in [0, 0.05) is 6.04 Å². The molecule has 0 atom stereocenters. The lowest BCUT2D eigenvalue weighted by Gasteiger charge is -2.39. The number of hydrogen-bond acceptors (Lipinski definition) is 3. The maximum Gasteiger partial charge on any atom is 0.161 e. The molecule has 3 heteroatoms. The van der Waals surface area contributed by atoms with Crippen molar-refractivity contribution in [1.82, 2.24) is 0 Å². The summed E-state index contributed by atoms with van der Waals surface area (Å²) >= 11 is 0. The van der Waals surface area contributed by atoms with Crippen LogP contribution < -0.4 is 5.73 Å². The van der Waals surface area contributed by atoms with Gasteiger partial charge in [0.2, 0.25) is 0 Å². The van der Waals surface area contributed by atoms with Crippen molar-refractivity contribution >= 4 is 5.78 Å². The van der Waals surface area contributed by atoms with E-state index in [1.54, 1.807) is 0 Å². The Labute approximate surface area is 53.9 Å². The molecule has 0 aromatic heterocycles. The number of ketones is 1. The van der Waals surface area contributed by atoms with E-state index in [2.05, 4.69) is 0 Å². The second-order valence-electron chi connectivity index (χ2n) is 2.76. The second kappa shape index (κ2) is 1.78. The van der Waals surface area contributed by atoms with Crippen molar-refractivity contribution in [3.63, 3.8) is 0 Å². The molecule has 0 aromatic carbocycles. The summed E-state index contributed by atoms with van der Waals surface area (Å²) in [6, 6.07) is 0.0268. The predicted octanol–water partition coefficient (Wildman–Crippen LogP) is -0.572. The zero-order valence-electron chi connectivity index (χ0n) is 5.42. The minimum absolute atomic E-state index is 0.0268. The first-order valence-corrected chi connectivity index (χ1v) is 3.03. The van der Waals surface area contributed by atoms with E-state index < -0.39 is 5.60 Å². The van der Waals surface area contributed by atoms with Gasteiger partial charge in [-0.3, -0.25) is 4.79 Å². The van der Waals surface area contributed by atoms with Gasteiger partial charge in [0.1, 0.15) is 5.60 Å². The summed E-state index contributed by atoms with van der Waals surface area (Å²) in [5.41, 5.74) is 4.31. The van der Waals surface area contributed by atoms with Crippen LogP contribution >= 0.6 is 0 Å². The van der Waals surface area contributed by atoms with Crippen LogP contribution in [0, 0.1) is 0 Å². The van der Waals surface area contributed by atoms with E-state index in [0.717, 1.165) is 0 Å². The van der Waals surface area contributed by atoms with Crippen LogP contribution in [0.1, 0.15) is 19.8 Å². The zero-order chi connectivity index (χ0) is 7.07. The van der Waals surface area contributed by atoms with Crippen molar-refractivity contribution in [2.24, 2.45) is 5.73 Å². The van der Waals surface area contributed by atoms with Crippen molar-refractivity contribution < 1.29 is 9.90 Å². The van der Waals surface area contributed by atoms with Gasteiger partial charge < -0.3 is 10.8 Å². The van der Waals surface area contributed by atoms with Crippen LogP contribution in [-0.2, 0) is 4.79 Å². The topological polar surface area (TPSA) is 63.3 Å². The van der Waals surface area contributed by atoms with Gasteiger partial charge in [0.05, 0.1) is 0 Å². The van der Waals surface area contributed by atoms with E-state index in [1.165, 1.54) is 6.92 Å². The molecule has 9 heavy (non-hydrogen) atoms. The Hall–Kier alpha value is -0.410. The van der Waals surface area contributed by atoms with Crippen molar-refractivity contribution in [2.75, 3.05) is 0 Å². The number of carbonyl (C=O) groups is 1. The molecule has 0 aromatic rings. The van der Waals surface area contributed by atoms with E-state index in [-0.39, 0.29) is 11.8 Å². The van der Waals surface area contributed by atoms with E-state index >= 15 is 0 Å². The monoisotopic (exact) mass is 129 g/mol. The van der Waals surface area contributed by atoms with E-state index in [0.29, 0.717) is 12.8 Å². The number of Topliss-reactive ketones (excluding diaryl/α,β-unsaturated/α-hetero) is 1. The second-order valence-corrected chi connectivity index (χ2v) is 2.76. The molecule has 0 heterocycles. The standard InChI is InChI=1S/C6H11NO2/c1-4(8)6(9)2-5(7)3-6/h5,9H,2-3,7H2,1H3/t5-,6+. The SMILES string of the molecule is CC(=O)[C@]1(O)C[C@@H](N)C1. The fraction of sp³-hybridized carbons (Fsp3) is 0.833. The summed E-state index contributed by atoms with van der Waals surface area (Å²) in [6.45, 7) is 1.39. The molecule has 0 saturated heterocycles. The summed E-state index contributed by atoms with van der Waals surface area (Å²) in [5, 5.41) is 9.23. The highest BCUT2D eigenvalue weighted by molar-refractivity contribution is 5.85. The van der Waals surface area contributed by atoms with E-state index in [1.807, 2.05) is 0 Å². The molecular formula is C6H11NO2. The van der Waals surface area contributed by atoms with Crippen molar-refractivity contribution in [3.05, 3.63) is 0 Å². The van der Waals surface area contributed by atoms with Crippen LogP contribution in [0.5, 0.6) is 0 Å². The molecule has 1 aliphatic carbocycles. The average molecular weight is 129 g/mol. The lowest BCUT2D eigenvalue weighted by Crippen LogP contribution is -2.55. The van der Waals surface area contributed by atoms with Crippen LogP contribution in [0.3, 0.4) is 0 Å². The summed E-state index contributed by atoms with van der Waals surface area (Å²) < 4.78 is 0. The zero-order valence-corrected chi connectivity index (χ0v) is 5.42. The Morgan fingerprint density at radius 3 is 2.33 bits per heavy atom. The van der Waals surface area contributed by atoms with Crippen molar-refractivity contribution in [3.8, 4) is 0 Å². The summed E-state index contributed by atoms with van der Waals surface area (Å²) in [7, 11) is 0. The Morgan fingerprint density at radius 2 is 2.22 bits per heavy atom. The summed E-state index contributed by atoms with van der Waals surface area (Å²) in [6.07, 6.45) is 0.866. The molecule has 3 nitrogen and oxygen atoms in total. The smallest absolute Gasteiger partial charge is 0.161 e. The van der Waals surface area contributed by atoms with Crippen LogP contribution in [0.15, 0.2) is 0 Å². The van der Waals surface area contributed by atoms with Crippen LogP contribution in [0.2, 0.25) is 0 Å². The predicted molar refractivity (Wildman–Crippen MR) is 32.8 cm³/mol. The fourth-order valence-corrected chi connectivity index (χ4v) is 1.10. The number of hydrogen-bond donors (Lipinski definition) is 2. The first kappa shape index (κ1) is 6.71. The van der Waals surface area contributed by atoms with Gasteiger partial charge >= 0.3 is 0 Å². The fourth-order valence-electron chi connectivity index (χ4n) is 1.10. The summed E-state index contributed by atoms with van der Waals surface area (Å²) in [4.78, 5) is 10.6. The Bertz CT molecular complexity index is 138. The Kier molecular flexibility index (Phi) is 1.33. The lowest BCUT2D eigenvalue weighted by atomic mass is 9.74. The lowest BCUT2D eigenvalue weighted by molar-refractivity contribution is -0.145. The van der Waals surface area contributed by atoms with Gasteiger partial charge in [-0.25, -0.2) is 0 Å². The number of rotatable bonds is 1. The average Bonchev–Trinajstić information content (AvgIpc) is 1.62. The number of aliphatic hydroxyl groups is 1. The molecule has 1 rings (SSSR count). The molecular weight excluding hydrogens is 118 g/mol. The van der Waals surface area contributed by atoms with Crippen LogP contribution in [0.25, 0.3) is 0 Å².